The molecule has 1 heterocycles. The summed E-state index contributed by atoms with van der Waals surface area (Å²) in [6.07, 6.45) is 8.33. The lowest BCUT2D eigenvalue weighted by Gasteiger charge is -2.39. The van der Waals surface area contributed by atoms with E-state index in [-0.39, 0.29) is 35.7 Å². The molecule has 1 saturated heterocycles. The Balaban J connectivity index is 0.00000242. The quantitative estimate of drug-likeness (QED) is 0.825. The van der Waals surface area contributed by atoms with Crippen LogP contribution in [-0.2, 0) is 9.59 Å². The molecule has 5 nitrogen and oxygen atoms in total. The maximum absolute atomic E-state index is 12.6. The maximum Gasteiger partial charge on any atom is 0.223 e. The number of carbonyl (C=O) groups is 2. The highest BCUT2D eigenvalue weighted by Gasteiger charge is 2.35. The van der Waals surface area contributed by atoms with Gasteiger partial charge in [0.05, 0.1) is 0 Å². The summed E-state index contributed by atoms with van der Waals surface area (Å²) in [6.45, 7) is 3.61. The molecule has 0 aromatic carbocycles. The summed E-state index contributed by atoms with van der Waals surface area (Å²) in [7, 11) is 0. The highest BCUT2D eigenvalue weighted by Crippen LogP contribution is 2.38. The van der Waals surface area contributed by atoms with Gasteiger partial charge in [0.15, 0.2) is 0 Å². The summed E-state index contributed by atoms with van der Waals surface area (Å²) in [5.41, 5.74) is 6.01. The van der Waals surface area contributed by atoms with Crippen LogP contribution in [0, 0.1) is 5.41 Å². The molecule has 6 heteroatoms. The van der Waals surface area contributed by atoms with E-state index in [2.05, 4.69) is 5.32 Å². The Morgan fingerprint density at radius 3 is 2.50 bits per heavy atom. The normalized spacial score (nSPS) is 24.3. The number of likely N-dealkylation sites (tertiary alicyclic amines) is 1. The van der Waals surface area contributed by atoms with Crippen molar-refractivity contribution in [2.75, 3.05) is 19.6 Å². The average molecular weight is 332 g/mol. The van der Waals surface area contributed by atoms with Gasteiger partial charge in [-0.3, -0.25) is 9.59 Å². The van der Waals surface area contributed by atoms with E-state index in [4.69, 9.17) is 5.73 Å². The Kier molecular flexibility index (Phi) is 7.63. The van der Waals surface area contributed by atoms with E-state index >= 15 is 0 Å². The smallest absolute Gasteiger partial charge is 0.223 e. The summed E-state index contributed by atoms with van der Waals surface area (Å²) < 4.78 is 0. The van der Waals surface area contributed by atoms with Crippen LogP contribution in [0.3, 0.4) is 0 Å². The van der Waals surface area contributed by atoms with Gasteiger partial charge in [-0.15, -0.1) is 12.4 Å². The number of nitrogens with zero attached hydrogens (tertiary/aromatic N) is 1. The molecular weight excluding hydrogens is 302 g/mol. The molecule has 1 unspecified atom stereocenters. The number of hydrogen-bond donors (Lipinski definition) is 2. The standard InChI is InChI=1S/C16H29N3O2.ClH/c1-13(20)18-14-6-5-9-19(11-14)15(21)10-16(12-17)7-3-2-4-8-16;/h14H,2-12,17H2,1H3,(H,18,20);1H. The number of halogens is 1. The number of amides is 2. The molecule has 128 valence electrons. The first-order valence-electron chi connectivity index (χ1n) is 8.30. The largest absolute Gasteiger partial charge is 0.352 e. The molecule has 2 rings (SSSR count). The molecule has 2 fully saturated rings. The van der Waals surface area contributed by atoms with Gasteiger partial charge in [-0.25, -0.2) is 0 Å². The minimum absolute atomic E-state index is 0. The number of piperidine rings is 1. The lowest BCUT2D eigenvalue weighted by molar-refractivity contribution is -0.136. The molecule has 0 spiro atoms. The second kappa shape index (κ2) is 8.73. The number of carbonyl (C=O) groups excluding carboxylic acids is 2. The zero-order chi connectivity index (χ0) is 15.3. The average Bonchev–Trinajstić information content (AvgIpc) is 2.48. The topological polar surface area (TPSA) is 75.4 Å². The van der Waals surface area contributed by atoms with Gasteiger partial charge in [-0.05, 0) is 37.6 Å². The molecule has 0 radical (unpaired) electrons. The van der Waals surface area contributed by atoms with E-state index < -0.39 is 0 Å². The van der Waals surface area contributed by atoms with Gasteiger partial charge in [0.25, 0.3) is 0 Å². The van der Waals surface area contributed by atoms with Crippen LogP contribution < -0.4 is 11.1 Å². The lowest BCUT2D eigenvalue weighted by atomic mass is 9.71. The van der Waals surface area contributed by atoms with Crippen LogP contribution in [-0.4, -0.2) is 42.4 Å². The van der Waals surface area contributed by atoms with Gasteiger partial charge < -0.3 is 16.0 Å². The summed E-state index contributed by atoms with van der Waals surface area (Å²) in [6, 6.07) is 0.111. The van der Waals surface area contributed by atoms with Gasteiger partial charge in [-0.1, -0.05) is 19.3 Å². The van der Waals surface area contributed by atoms with Crippen molar-refractivity contribution in [3.8, 4) is 0 Å². The Labute approximate surface area is 139 Å². The lowest BCUT2D eigenvalue weighted by Crippen LogP contribution is -2.50. The van der Waals surface area contributed by atoms with Crippen molar-refractivity contribution < 1.29 is 9.59 Å². The zero-order valence-electron chi connectivity index (χ0n) is 13.6. The van der Waals surface area contributed by atoms with Crippen molar-refractivity contribution >= 4 is 24.2 Å². The van der Waals surface area contributed by atoms with Crippen LogP contribution in [0.25, 0.3) is 0 Å². The maximum atomic E-state index is 12.6. The van der Waals surface area contributed by atoms with E-state index in [1.807, 2.05) is 4.90 Å². The van der Waals surface area contributed by atoms with Crippen LogP contribution in [0.15, 0.2) is 0 Å². The van der Waals surface area contributed by atoms with Crippen molar-refractivity contribution in [1.29, 1.82) is 0 Å². The molecule has 0 aromatic heterocycles. The van der Waals surface area contributed by atoms with Crippen LogP contribution >= 0.6 is 12.4 Å². The zero-order valence-corrected chi connectivity index (χ0v) is 14.4. The van der Waals surface area contributed by atoms with Crippen LogP contribution in [0.4, 0.5) is 0 Å². The van der Waals surface area contributed by atoms with Crippen molar-refractivity contribution in [3.63, 3.8) is 0 Å². The van der Waals surface area contributed by atoms with E-state index in [0.29, 0.717) is 19.5 Å². The van der Waals surface area contributed by atoms with Crippen molar-refractivity contribution in [1.82, 2.24) is 10.2 Å². The fraction of sp³-hybridized carbons (Fsp3) is 0.875. The number of nitrogens with two attached hydrogens (primary N) is 1. The second-order valence-electron chi connectivity index (χ2n) is 6.82. The molecule has 1 saturated carbocycles. The van der Waals surface area contributed by atoms with Crippen molar-refractivity contribution in [2.45, 2.75) is 64.3 Å². The summed E-state index contributed by atoms with van der Waals surface area (Å²) in [5.74, 6) is 0.206. The summed E-state index contributed by atoms with van der Waals surface area (Å²) >= 11 is 0. The third-order valence-corrected chi connectivity index (χ3v) is 5.05. The van der Waals surface area contributed by atoms with E-state index in [9.17, 15) is 9.59 Å². The van der Waals surface area contributed by atoms with Gasteiger partial charge in [0, 0.05) is 32.5 Å². The molecule has 0 bridgehead atoms. The molecule has 2 aliphatic rings. The summed E-state index contributed by atoms with van der Waals surface area (Å²) in [5, 5.41) is 2.94. The number of rotatable bonds is 4. The molecule has 0 aromatic rings. The molecule has 1 aliphatic heterocycles. The predicted octanol–water partition coefficient (Wildman–Crippen LogP) is 1.83. The third-order valence-electron chi connectivity index (χ3n) is 5.05. The molecule has 1 atom stereocenters. The Bertz CT molecular complexity index is 384. The minimum atomic E-state index is -0.0139. The second-order valence-corrected chi connectivity index (χ2v) is 6.82. The van der Waals surface area contributed by atoms with E-state index in [0.717, 1.165) is 32.2 Å². The number of hydrogen-bond acceptors (Lipinski definition) is 3. The molecule has 3 N–H and O–H groups in total. The van der Waals surface area contributed by atoms with Crippen LogP contribution in [0.2, 0.25) is 0 Å². The Morgan fingerprint density at radius 1 is 1.23 bits per heavy atom. The van der Waals surface area contributed by atoms with E-state index in [1.54, 1.807) is 0 Å². The fourth-order valence-corrected chi connectivity index (χ4v) is 3.80. The molecule has 1 aliphatic carbocycles. The molecular formula is C16H30ClN3O2. The molecule has 2 amide bonds. The van der Waals surface area contributed by atoms with Gasteiger partial charge in [0.2, 0.25) is 11.8 Å². The van der Waals surface area contributed by atoms with Crippen LogP contribution in [0.5, 0.6) is 0 Å². The predicted molar refractivity (Wildman–Crippen MR) is 89.9 cm³/mol. The highest BCUT2D eigenvalue weighted by molar-refractivity contribution is 5.85. The van der Waals surface area contributed by atoms with E-state index in [1.165, 1.54) is 26.2 Å². The van der Waals surface area contributed by atoms with Crippen molar-refractivity contribution in [3.05, 3.63) is 0 Å². The third kappa shape index (κ3) is 5.13. The monoisotopic (exact) mass is 331 g/mol. The first-order chi connectivity index (χ1) is 10.0. The van der Waals surface area contributed by atoms with Crippen molar-refractivity contribution in [2.24, 2.45) is 11.1 Å². The van der Waals surface area contributed by atoms with Gasteiger partial charge >= 0.3 is 0 Å². The van der Waals surface area contributed by atoms with Crippen LogP contribution in [0.1, 0.15) is 58.3 Å². The first-order valence-corrected chi connectivity index (χ1v) is 8.30. The van der Waals surface area contributed by atoms with Gasteiger partial charge in [-0.2, -0.15) is 0 Å². The minimum Gasteiger partial charge on any atom is -0.352 e. The fourth-order valence-electron chi connectivity index (χ4n) is 3.80. The molecule has 22 heavy (non-hydrogen) atoms. The summed E-state index contributed by atoms with van der Waals surface area (Å²) in [4.78, 5) is 25.7. The first kappa shape index (κ1) is 19.2. The Hall–Kier alpha value is -0.810. The number of nitrogens with one attached hydrogen (secondary N) is 1. The SMILES string of the molecule is CC(=O)NC1CCCN(C(=O)CC2(CN)CCCCC2)C1.Cl. The Morgan fingerprint density at radius 2 is 1.91 bits per heavy atom. The highest BCUT2D eigenvalue weighted by atomic mass is 35.5. The van der Waals surface area contributed by atoms with Gasteiger partial charge in [0.1, 0.15) is 0 Å².